The van der Waals surface area contributed by atoms with Gasteiger partial charge in [-0.3, -0.25) is 14.3 Å². The summed E-state index contributed by atoms with van der Waals surface area (Å²) in [6.45, 7) is 5.51. The summed E-state index contributed by atoms with van der Waals surface area (Å²) >= 11 is 0. The van der Waals surface area contributed by atoms with Gasteiger partial charge >= 0.3 is 0 Å². The third-order valence-corrected chi connectivity index (χ3v) is 4.36. The smallest absolute Gasteiger partial charge is 0.258 e. The van der Waals surface area contributed by atoms with Crippen LogP contribution in [0.3, 0.4) is 0 Å². The van der Waals surface area contributed by atoms with Gasteiger partial charge in [0.1, 0.15) is 6.04 Å². The third kappa shape index (κ3) is 3.18. The third-order valence-electron chi connectivity index (χ3n) is 4.36. The number of carbonyl (C=O) groups excluding carboxylic acids is 2. The van der Waals surface area contributed by atoms with E-state index in [9.17, 15) is 9.59 Å². The van der Waals surface area contributed by atoms with Crippen LogP contribution in [0.25, 0.3) is 0 Å². The first-order chi connectivity index (χ1) is 11.6. The zero-order valence-corrected chi connectivity index (χ0v) is 14.0. The van der Waals surface area contributed by atoms with Crippen LogP contribution in [0.5, 0.6) is 0 Å². The summed E-state index contributed by atoms with van der Waals surface area (Å²) in [6, 6.07) is 9.29. The molecule has 2 aromatic rings. The van der Waals surface area contributed by atoms with E-state index in [2.05, 4.69) is 10.4 Å². The first-order valence-corrected chi connectivity index (χ1v) is 8.26. The summed E-state index contributed by atoms with van der Waals surface area (Å²) in [6.07, 6.45) is 2.28. The lowest BCUT2D eigenvalue weighted by Crippen LogP contribution is -2.58. The highest BCUT2D eigenvalue weighted by molar-refractivity contribution is 5.98. The monoisotopic (exact) mass is 326 g/mol. The van der Waals surface area contributed by atoms with Crippen molar-refractivity contribution in [1.82, 2.24) is 20.0 Å². The molecule has 3 rings (SSSR count). The first kappa shape index (κ1) is 16.2. The fourth-order valence-corrected chi connectivity index (χ4v) is 3.04. The zero-order chi connectivity index (χ0) is 17.1. The Morgan fingerprint density at radius 2 is 2.08 bits per heavy atom. The van der Waals surface area contributed by atoms with E-state index < -0.39 is 6.04 Å². The molecule has 1 atom stereocenters. The van der Waals surface area contributed by atoms with E-state index in [1.807, 2.05) is 44.2 Å². The molecule has 2 heterocycles. The Kier molecular flexibility index (Phi) is 4.64. The molecule has 126 valence electrons. The Morgan fingerprint density at radius 1 is 1.33 bits per heavy atom. The van der Waals surface area contributed by atoms with Gasteiger partial charge in [0.25, 0.3) is 5.91 Å². The topological polar surface area (TPSA) is 67.2 Å². The number of hydrogen-bond acceptors (Lipinski definition) is 3. The minimum absolute atomic E-state index is 0.0982. The van der Waals surface area contributed by atoms with Crippen molar-refractivity contribution >= 4 is 11.8 Å². The summed E-state index contributed by atoms with van der Waals surface area (Å²) in [5.41, 5.74) is 2.31. The molecular weight excluding hydrogens is 304 g/mol. The van der Waals surface area contributed by atoms with Crippen molar-refractivity contribution in [1.29, 1.82) is 0 Å². The van der Waals surface area contributed by atoms with Crippen LogP contribution >= 0.6 is 0 Å². The first-order valence-electron chi connectivity index (χ1n) is 8.26. The van der Waals surface area contributed by atoms with Crippen LogP contribution in [0.1, 0.15) is 28.5 Å². The zero-order valence-electron chi connectivity index (χ0n) is 14.0. The quantitative estimate of drug-likeness (QED) is 0.923. The van der Waals surface area contributed by atoms with Crippen molar-refractivity contribution in [3.8, 4) is 0 Å². The second kappa shape index (κ2) is 6.86. The highest BCUT2D eigenvalue weighted by Gasteiger charge is 2.34. The van der Waals surface area contributed by atoms with Crippen LogP contribution in [0.2, 0.25) is 0 Å². The van der Waals surface area contributed by atoms with Crippen molar-refractivity contribution in [2.24, 2.45) is 0 Å². The second-order valence-corrected chi connectivity index (χ2v) is 5.98. The number of aromatic nitrogens is 2. The molecule has 0 radical (unpaired) electrons. The maximum atomic E-state index is 13.0. The average molecular weight is 326 g/mol. The number of aryl methyl sites for hydroxylation is 2. The maximum absolute atomic E-state index is 13.0. The number of hydrogen-bond donors (Lipinski definition) is 1. The Hall–Kier alpha value is -2.63. The Morgan fingerprint density at radius 3 is 2.75 bits per heavy atom. The van der Waals surface area contributed by atoms with E-state index in [0.717, 1.165) is 5.56 Å². The minimum atomic E-state index is -0.488. The summed E-state index contributed by atoms with van der Waals surface area (Å²) < 4.78 is 1.75. The fourth-order valence-electron chi connectivity index (χ4n) is 3.04. The van der Waals surface area contributed by atoms with E-state index in [1.165, 1.54) is 0 Å². The number of amides is 2. The second-order valence-electron chi connectivity index (χ2n) is 5.98. The minimum Gasteiger partial charge on any atom is -0.353 e. The van der Waals surface area contributed by atoms with Gasteiger partial charge in [0.05, 0.1) is 11.3 Å². The summed E-state index contributed by atoms with van der Waals surface area (Å²) in [5.74, 6) is -0.220. The average Bonchev–Trinajstić information content (AvgIpc) is 2.98. The number of carbonyl (C=O) groups is 2. The van der Waals surface area contributed by atoms with Crippen molar-refractivity contribution in [3.05, 3.63) is 53.3 Å². The van der Waals surface area contributed by atoms with Crippen molar-refractivity contribution in [2.45, 2.75) is 32.9 Å². The van der Waals surface area contributed by atoms with Gasteiger partial charge in [-0.1, -0.05) is 30.3 Å². The molecule has 1 fully saturated rings. The van der Waals surface area contributed by atoms with E-state index in [1.54, 1.807) is 15.8 Å². The van der Waals surface area contributed by atoms with Crippen molar-refractivity contribution in [3.63, 3.8) is 0 Å². The molecule has 2 amide bonds. The maximum Gasteiger partial charge on any atom is 0.258 e. The van der Waals surface area contributed by atoms with Gasteiger partial charge in [-0.2, -0.15) is 5.10 Å². The molecule has 1 aromatic carbocycles. The predicted molar refractivity (Wildman–Crippen MR) is 90.6 cm³/mol. The molecule has 1 aliphatic heterocycles. The van der Waals surface area contributed by atoms with Crippen LogP contribution < -0.4 is 5.32 Å². The molecule has 1 saturated heterocycles. The highest BCUT2D eigenvalue weighted by atomic mass is 16.2. The predicted octanol–water partition coefficient (Wildman–Crippen LogP) is 1.39. The van der Waals surface area contributed by atoms with Crippen LogP contribution in [0.4, 0.5) is 0 Å². The molecule has 1 N–H and O–H groups in total. The van der Waals surface area contributed by atoms with Crippen molar-refractivity contribution < 1.29 is 9.59 Å². The molecule has 6 nitrogen and oxygen atoms in total. The molecule has 0 bridgehead atoms. The number of benzene rings is 1. The van der Waals surface area contributed by atoms with Crippen LogP contribution in [0, 0.1) is 6.92 Å². The van der Waals surface area contributed by atoms with Crippen LogP contribution in [-0.2, 0) is 17.8 Å². The molecule has 6 heteroatoms. The molecule has 24 heavy (non-hydrogen) atoms. The van der Waals surface area contributed by atoms with Gasteiger partial charge in [0.15, 0.2) is 0 Å². The van der Waals surface area contributed by atoms with Crippen molar-refractivity contribution in [2.75, 3.05) is 13.1 Å². The Labute approximate surface area is 141 Å². The number of rotatable bonds is 4. The number of nitrogens with zero attached hydrogens (tertiary/aromatic N) is 3. The molecule has 0 saturated carbocycles. The van der Waals surface area contributed by atoms with Gasteiger partial charge in [0.2, 0.25) is 5.91 Å². The molecule has 0 unspecified atom stereocenters. The molecule has 0 spiro atoms. The van der Waals surface area contributed by atoms with E-state index >= 15 is 0 Å². The summed E-state index contributed by atoms with van der Waals surface area (Å²) in [4.78, 5) is 27.0. The molecule has 0 aliphatic carbocycles. The van der Waals surface area contributed by atoms with Crippen LogP contribution in [0.15, 0.2) is 36.5 Å². The van der Waals surface area contributed by atoms with Gasteiger partial charge < -0.3 is 10.2 Å². The largest absolute Gasteiger partial charge is 0.353 e. The van der Waals surface area contributed by atoms with E-state index in [4.69, 9.17) is 0 Å². The molecule has 1 aromatic heterocycles. The van der Waals surface area contributed by atoms with Gasteiger partial charge in [-0.05, 0) is 19.4 Å². The number of nitrogens with one attached hydrogen (secondary N) is 1. The SMILES string of the molecule is CCn1cc(C(=O)N2CCNC(=O)[C@H]2Cc2ccccc2)c(C)n1. The normalized spacial score (nSPS) is 17.7. The van der Waals surface area contributed by atoms with E-state index in [-0.39, 0.29) is 11.8 Å². The Bertz CT molecular complexity index is 739. The lowest BCUT2D eigenvalue weighted by molar-refractivity contribution is -0.127. The van der Waals surface area contributed by atoms with Gasteiger partial charge in [-0.15, -0.1) is 0 Å². The van der Waals surface area contributed by atoms with E-state index in [0.29, 0.717) is 37.3 Å². The summed E-state index contributed by atoms with van der Waals surface area (Å²) in [7, 11) is 0. The molecule has 1 aliphatic rings. The molecular formula is C18H22N4O2. The lowest BCUT2D eigenvalue weighted by atomic mass is 10.0. The van der Waals surface area contributed by atoms with Gasteiger partial charge in [-0.25, -0.2) is 0 Å². The van der Waals surface area contributed by atoms with Crippen LogP contribution in [-0.4, -0.2) is 45.6 Å². The standard InChI is InChI=1S/C18H22N4O2/c1-3-21-12-15(13(2)20-21)18(24)22-10-9-19-17(23)16(22)11-14-7-5-4-6-8-14/h4-8,12,16H,3,9-11H2,1-2H3,(H,19,23)/t16-/m1/s1. The Balaban J connectivity index is 1.86. The summed E-state index contributed by atoms with van der Waals surface area (Å²) in [5, 5.41) is 7.21. The highest BCUT2D eigenvalue weighted by Crippen LogP contribution is 2.17. The number of piperazine rings is 1. The fraction of sp³-hybridized carbons (Fsp3) is 0.389. The van der Waals surface area contributed by atoms with Gasteiger partial charge in [0, 0.05) is 32.3 Å². The lowest BCUT2D eigenvalue weighted by Gasteiger charge is -2.35.